The van der Waals surface area contributed by atoms with Crippen LogP contribution in [0.3, 0.4) is 0 Å². The fourth-order valence-corrected chi connectivity index (χ4v) is 6.03. The van der Waals surface area contributed by atoms with Gasteiger partial charge >= 0.3 is 0 Å². The summed E-state index contributed by atoms with van der Waals surface area (Å²) < 4.78 is 140. The summed E-state index contributed by atoms with van der Waals surface area (Å²) in [7, 11) is 0. The van der Waals surface area contributed by atoms with Crippen LogP contribution in [0.5, 0.6) is 0 Å². The van der Waals surface area contributed by atoms with Gasteiger partial charge in [0, 0.05) is 10.8 Å². The summed E-state index contributed by atoms with van der Waals surface area (Å²) in [4.78, 5) is 0. The number of fused-ring (bicyclic) bond motifs is 5. The van der Waals surface area contributed by atoms with Crippen molar-refractivity contribution in [2.24, 2.45) is 0 Å². The van der Waals surface area contributed by atoms with E-state index in [1.807, 2.05) is 0 Å². The van der Waals surface area contributed by atoms with Gasteiger partial charge in [-0.05, 0) is 90.2 Å². The van der Waals surface area contributed by atoms with Gasteiger partial charge in [0.25, 0.3) is 0 Å². The monoisotopic (exact) mass is 587 g/mol. The average molecular weight is 588 g/mol. The Hall–Kier alpha value is -5.92. The van der Waals surface area contributed by atoms with E-state index in [0.29, 0.717) is 38.2 Å². The molecule has 9 rings (SSSR count). The second-order valence-corrected chi connectivity index (χ2v) is 10.5. The zero-order valence-corrected chi connectivity index (χ0v) is 23.4. The number of rotatable bonds is 4. The molecule has 0 aliphatic heterocycles. The Kier molecular flexibility index (Phi) is 3.39. The highest BCUT2D eigenvalue weighted by Gasteiger charge is 2.19. The predicted octanol–water partition coefficient (Wildman–Crippen LogP) is 12.6. The Morgan fingerprint density at radius 1 is 0.378 bits per heavy atom. The van der Waals surface area contributed by atoms with E-state index in [0.717, 1.165) is 0 Å². The van der Waals surface area contributed by atoms with Crippen LogP contribution in [-0.4, -0.2) is 0 Å². The van der Waals surface area contributed by atoms with Crippen LogP contribution in [0.15, 0.2) is 174 Å². The normalized spacial score (nSPS) is 16.2. The number of furan rings is 1. The van der Waals surface area contributed by atoms with E-state index < -0.39 is 72.0 Å². The lowest BCUT2D eigenvalue weighted by molar-refractivity contribution is 0.669. The minimum atomic E-state index is -0.704. The Balaban J connectivity index is 1.47. The molecule has 0 radical (unpaired) electrons. The lowest BCUT2D eigenvalue weighted by Gasteiger charge is -2.18. The second-order valence-electron chi connectivity index (χ2n) is 10.5. The maximum atomic E-state index is 9.87. The molecule has 1 heteroatoms. The minimum Gasteiger partial charge on any atom is -0.456 e. The predicted molar refractivity (Wildman–Crippen MR) is 190 cm³/mol. The molecule has 0 N–H and O–H groups in total. The molecule has 210 valence electrons. The van der Waals surface area contributed by atoms with E-state index in [-0.39, 0.29) is 68.4 Å². The summed E-state index contributed by atoms with van der Waals surface area (Å²) in [5, 5.41) is 1.50. The fourth-order valence-electron chi connectivity index (χ4n) is 6.03. The third kappa shape index (κ3) is 4.17. The van der Waals surface area contributed by atoms with Crippen molar-refractivity contribution in [2.75, 3.05) is 0 Å². The molecule has 0 bridgehead atoms. The lowest BCUT2D eigenvalue weighted by atomic mass is 9.85. The summed E-state index contributed by atoms with van der Waals surface area (Å²) in [6.45, 7) is 0. The van der Waals surface area contributed by atoms with Crippen LogP contribution in [0, 0.1) is 0 Å². The van der Waals surface area contributed by atoms with Crippen molar-refractivity contribution in [1.29, 1.82) is 0 Å². The van der Waals surface area contributed by atoms with Crippen molar-refractivity contribution < 1.29 is 25.0 Å². The summed E-state index contributed by atoms with van der Waals surface area (Å²) >= 11 is 0. The van der Waals surface area contributed by atoms with Crippen molar-refractivity contribution in [3.8, 4) is 44.5 Å². The summed E-state index contributed by atoms with van der Waals surface area (Å²) in [6.07, 6.45) is 0. The first-order valence-corrected chi connectivity index (χ1v) is 14.2. The Morgan fingerprint density at radius 3 is 1.64 bits per heavy atom. The molecule has 45 heavy (non-hydrogen) atoms. The van der Waals surface area contributed by atoms with Gasteiger partial charge in [0.05, 0.1) is 20.6 Å². The first-order valence-electron chi connectivity index (χ1n) is 21.7. The number of benzene rings is 8. The van der Waals surface area contributed by atoms with Crippen LogP contribution in [0.25, 0.3) is 88.0 Å². The van der Waals surface area contributed by atoms with Crippen molar-refractivity contribution in [1.82, 2.24) is 0 Å². The second kappa shape index (κ2) is 10.4. The third-order valence-electron chi connectivity index (χ3n) is 7.94. The molecule has 0 saturated heterocycles. The Morgan fingerprint density at radius 2 is 0.956 bits per heavy atom. The molecule has 0 spiro atoms. The van der Waals surface area contributed by atoms with Crippen molar-refractivity contribution in [2.45, 2.75) is 0 Å². The molecule has 0 amide bonds. The zero-order chi connectivity index (χ0) is 42.8. The molecular formula is C44H28O. The Labute approximate surface area is 282 Å². The average Bonchev–Trinajstić information content (AvgIpc) is 3.66. The molecular weight excluding hydrogens is 544 g/mol. The van der Waals surface area contributed by atoms with Gasteiger partial charge < -0.3 is 4.42 Å². The minimum absolute atomic E-state index is 0.0703. The topological polar surface area (TPSA) is 13.1 Å². The SMILES string of the molecule is [2H]c1c([2H])c([2H])c(-c2c([2H])c([2H])c([2H])c3oc4c([2H])c([2H])c(-c5c6ccccc6c(-c6c([2H])c([2H])c([2H])c(-c7ccccc7)c6[2H])c6ccccc56)c([2H])c4c23)c([2H])c1[2H]. The highest BCUT2D eigenvalue weighted by atomic mass is 16.3. The van der Waals surface area contributed by atoms with Crippen LogP contribution in [-0.2, 0) is 0 Å². The Bertz CT molecular complexity index is 3290. The van der Waals surface area contributed by atoms with Crippen LogP contribution >= 0.6 is 0 Å². The summed E-state index contributed by atoms with van der Waals surface area (Å²) in [5.74, 6) is 0. The van der Waals surface area contributed by atoms with Crippen LogP contribution < -0.4 is 0 Å². The van der Waals surface area contributed by atoms with Crippen molar-refractivity contribution in [3.63, 3.8) is 0 Å². The first kappa shape index (κ1) is 14.7. The van der Waals surface area contributed by atoms with Crippen molar-refractivity contribution >= 4 is 43.5 Å². The third-order valence-corrected chi connectivity index (χ3v) is 7.94. The summed E-state index contributed by atoms with van der Waals surface area (Å²) in [6, 6.07) is 14.9. The van der Waals surface area contributed by atoms with Gasteiger partial charge in [-0.3, -0.25) is 0 Å². The molecule has 0 unspecified atom stereocenters. The van der Waals surface area contributed by atoms with Gasteiger partial charge in [-0.1, -0.05) is 145 Å². The highest BCUT2D eigenvalue weighted by molar-refractivity contribution is 6.22. The number of hydrogen-bond acceptors (Lipinski definition) is 1. The fraction of sp³-hybridized carbons (Fsp3) is 0. The molecule has 1 nitrogen and oxygen atoms in total. The smallest absolute Gasteiger partial charge is 0.136 e. The van der Waals surface area contributed by atoms with Crippen LogP contribution in [0.1, 0.15) is 20.6 Å². The maximum Gasteiger partial charge on any atom is 0.136 e. The van der Waals surface area contributed by atoms with E-state index in [1.54, 1.807) is 78.9 Å². The van der Waals surface area contributed by atoms with E-state index >= 15 is 0 Å². The molecule has 0 aliphatic carbocycles. The zero-order valence-electron chi connectivity index (χ0n) is 38.4. The molecule has 0 saturated carbocycles. The molecule has 1 aromatic heterocycles. The molecule has 0 atom stereocenters. The van der Waals surface area contributed by atoms with E-state index in [4.69, 9.17) is 19.5 Å². The van der Waals surface area contributed by atoms with Gasteiger partial charge in [-0.25, -0.2) is 0 Å². The van der Waals surface area contributed by atoms with Gasteiger partial charge in [0.15, 0.2) is 0 Å². The van der Waals surface area contributed by atoms with Crippen LogP contribution in [0.2, 0.25) is 0 Å². The standard InChI is InChI=1S/C44H28O/c1-3-13-29(14-4-1)31-17-11-18-32(27-31)42-35-19-7-9-21-37(35)43(38-22-10-8-20-36(38)42)33-25-26-40-39(28-33)44-34(23-12-24-41(44)45-40)30-15-5-2-6-16-30/h1-28H/i2D,5D,6D,11D,12D,15D,16D,17D,18D,23D,24D,25D,26D,27D,28D. The van der Waals surface area contributed by atoms with Crippen LogP contribution in [0.4, 0.5) is 0 Å². The van der Waals surface area contributed by atoms with Gasteiger partial charge in [-0.2, -0.15) is 0 Å². The highest BCUT2D eigenvalue weighted by Crippen LogP contribution is 2.46. The molecule has 0 fully saturated rings. The lowest BCUT2D eigenvalue weighted by Crippen LogP contribution is -1.91. The number of hydrogen-bond donors (Lipinski definition) is 0. The van der Waals surface area contributed by atoms with E-state index in [1.165, 1.54) is 0 Å². The van der Waals surface area contributed by atoms with Crippen molar-refractivity contribution in [3.05, 3.63) is 169 Å². The molecule has 8 aromatic carbocycles. The quantitative estimate of drug-likeness (QED) is 0.187. The largest absolute Gasteiger partial charge is 0.456 e. The molecule has 9 aromatic rings. The van der Waals surface area contributed by atoms with Gasteiger partial charge in [0.1, 0.15) is 11.2 Å². The van der Waals surface area contributed by atoms with Gasteiger partial charge in [0.2, 0.25) is 0 Å². The van der Waals surface area contributed by atoms with E-state index in [9.17, 15) is 5.48 Å². The molecule has 1 heterocycles. The summed E-state index contributed by atoms with van der Waals surface area (Å²) in [5.41, 5.74) is -0.0331. The van der Waals surface area contributed by atoms with Gasteiger partial charge in [-0.15, -0.1) is 0 Å². The first-order chi connectivity index (χ1) is 28.6. The molecule has 0 aliphatic rings. The maximum absolute atomic E-state index is 9.87. The van der Waals surface area contributed by atoms with E-state index in [2.05, 4.69) is 0 Å².